The van der Waals surface area contributed by atoms with Crippen LogP contribution in [-0.4, -0.2) is 40.7 Å². The van der Waals surface area contributed by atoms with E-state index in [9.17, 15) is 19.2 Å². The Balaban J connectivity index is 1.60. The third-order valence-electron chi connectivity index (χ3n) is 6.30. The topological polar surface area (TPSA) is 96.7 Å². The number of anilines is 1. The number of fused-ring (bicyclic) bond motifs is 2. The van der Waals surface area contributed by atoms with E-state index in [2.05, 4.69) is 5.32 Å². The molecular formula is C23H26N2O5S. The van der Waals surface area contributed by atoms with E-state index in [1.54, 1.807) is 30.0 Å². The van der Waals surface area contributed by atoms with E-state index >= 15 is 0 Å². The van der Waals surface area contributed by atoms with Crippen LogP contribution in [0.1, 0.15) is 37.7 Å². The molecule has 2 fully saturated rings. The summed E-state index contributed by atoms with van der Waals surface area (Å²) < 4.78 is 5.26. The second kappa shape index (κ2) is 8.86. The van der Waals surface area contributed by atoms with Crippen molar-refractivity contribution < 1.29 is 18.8 Å². The molecule has 1 aromatic heterocycles. The number of amides is 3. The standard InChI is InChI=1S/C23H26N2O5S/c1-13-11-20(26)30-19-12-14(7-8-15(13)19)24-21(27)18(9-10-31-2)25-22(28)16-5-3-4-6-17(16)23(25)29/h7-8,11-12,16-18H,3-6,9-10H2,1-2H3,(H,24,27)/t16-,17-,18-/m1/s1. The lowest BCUT2D eigenvalue weighted by Crippen LogP contribution is -2.48. The predicted molar refractivity (Wildman–Crippen MR) is 120 cm³/mol. The van der Waals surface area contributed by atoms with E-state index in [-0.39, 0.29) is 23.7 Å². The highest BCUT2D eigenvalue weighted by molar-refractivity contribution is 7.98. The smallest absolute Gasteiger partial charge is 0.336 e. The molecule has 31 heavy (non-hydrogen) atoms. The highest BCUT2D eigenvalue weighted by Gasteiger charge is 2.51. The fourth-order valence-electron chi connectivity index (χ4n) is 4.73. The molecule has 2 aromatic rings. The molecule has 1 aromatic carbocycles. The van der Waals surface area contributed by atoms with Gasteiger partial charge in [0.2, 0.25) is 17.7 Å². The first-order valence-electron chi connectivity index (χ1n) is 10.6. The zero-order valence-corrected chi connectivity index (χ0v) is 18.5. The van der Waals surface area contributed by atoms with E-state index in [0.29, 0.717) is 36.3 Å². The van der Waals surface area contributed by atoms with Gasteiger partial charge in [-0.1, -0.05) is 12.8 Å². The Morgan fingerprint density at radius 3 is 2.48 bits per heavy atom. The van der Waals surface area contributed by atoms with Crippen LogP contribution in [0.4, 0.5) is 5.69 Å². The van der Waals surface area contributed by atoms with Crippen molar-refractivity contribution in [3.63, 3.8) is 0 Å². The summed E-state index contributed by atoms with van der Waals surface area (Å²) in [6.45, 7) is 1.82. The Morgan fingerprint density at radius 2 is 1.84 bits per heavy atom. The SMILES string of the molecule is CSCC[C@H](C(=O)Nc1ccc2c(C)cc(=O)oc2c1)N1C(=O)[C@@H]2CCCC[C@H]2C1=O. The van der Waals surface area contributed by atoms with Gasteiger partial charge in [-0.05, 0) is 55.9 Å². The van der Waals surface area contributed by atoms with Crippen molar-refractivity contribution in [2.24, 2.45) is 11.8 Å². The number of likely N-dealkylation sites (tertiary alicyclic amines) is 1. The summed E-state index contributed by atoms with van der Waals surface area (Å²) >= 11 is 1.57. The van der Waals surface area contributed by atoms with Crippen molar-refractivity contribution in [1.82, 2.24) is 4.90 Å². The first kappa shape index (κ1) is 21.6. The maximum absolute atomic E-state index is 13.2. The van der Waals surface area contributed by atoms with Gasteiger partial charge in [0, 0.05) is 23.2 Å². The summed E-state index contributed by atoms with van der Waals surface area (Å²) in [7, 11) is 0. The van der Waals surface area contributed by atoms with Gasteiger partial charge in [-0.2, -0.15) is 11.8 Å². The van der Waals surface area contributed by atoms with Crippen LogP contribution in [0.5, 0.6) is 0 Å². The number of carbonyl (C=O) groups is 3. The summed E-state index contributed by atoms with van der Waals surface area (Å²) in [6, 6.07) is 5.68. The Bertz CT molecular complexity index is 1070. The maximum Gasteiger partial charge on any atom is 0.336 e. The summed E-state index contributed by atoms with van der Waals surface area (Å²) in [5.41, 5.74) is 1.17. The van der Waals surface area contributed by atoms with Crippen molar-refractivity contribution in [2.45, 2.75) is 45.1 Å². The summed E-state index contributed by atoms with van der Waals surface area (Å²) in [5.74, 6) is -0.751. The van der Waals surface area contributed by atoms with Crippen LogP contribution in [0.3, 0.4) is 0 Å². The molecule has 7 nitrogen and oxygen atoms in total. The molecule has 2 heterocycles. The molecule has 0 radical (unpaired) electrons. The third-order valence-corrected chi connectivity index (χ3v) is 6.95. The van der Waals surface area contributed by atoms with Crippen LogP contribution >= 0.6 is 11.8 Å². The molecule has 1 saturated heterocycles. The second-order valence-corrected chi connectivity index (χ2v) is 9.28. The molecule has 2 aliphatic rings. The van der Waals surface area contributed by atoms with Gasteiger partial charge in [-0.15, -0.1) is 0 Å². The molecule has 1 N–H and O–H groups in total. The number of hydrogen-bond donors (Lipinski definition) is 1. The number of nitrogens with zero attached hydrogens (tertiary/aromatic N) is 1. The van der Waals surface area contributed by atoms with Gasteiger partial charge in [-0.3, -0.25) is 19.3 Å². The number of benzene rings is 1. The van der Waals surface area contributed by atoms with Crippen molar-refractivity contribution in [3.8, 4) is 0 Å². The lowest BCUT2D eigenvalue weighted by molar-refractivity contribution is -0.146. The van der Waals surface area contributed by atoms with Crippen LogP contribution in [0.15, 0.2) is 33.5 Å². The minimum absolute atomic E-state index is 0.212. The number of imide groups is 1. The first-order valence-corrected chi connectivity index (χ1v) is 12.0. The number of rotatable bonds is 6. The summed E-state index contributed by atoms with van der Waals surface area (Å²) in [6.07, 6.45) is 5.63. The fraction of sp³-hybridized carbons (Fsp3) is 0.478. The van der Waals surface area contributed by atoms with Gasteiger partial charge in [0.1, 0.15) is 11.6 Å². The first-order chi connectivity index (χ1) is 14.9. The molecule has 164 valence electrons. The van der Waals surface area contributed by atoms with Gasteiger partial charge in [0.15, 0.2) is 0 Å². The number of hydrogen-bond acceptors (Lipinski definition) is 6. The van der Waals surface area contributed by atoms with Gasteiger partial charge in [-0.25, -0.2) is 4.79 Å². The minimum Gasteiger partial charge on any atom is -0.423 e. The van der Waals surface area contributed by atoms with Crippen LogP contribution in [0.2, 0.25) is 0 Å². The van der Waals surface area contributed by atoms with Crippen LogP contribution < -0.4 is 10.9 Å². The molecule has 0 unspecified atom stereocenters. The molecule has 1 saturated carbocycles. The van der Waals surface area contributed by atoms with E-state index < -0.39 is 17.6 Å². The Labute approximate surface area is 184 Å². The average Bonchev–Trinajstić information content (AvgIpc) is 2.99. The third kappa shape index (κ3) is 4.13. The molecule has 8 heteroatoms. The van der Waals surface area contributed by atoms with Crippen LogP contribution in [0.25, 0.3) is 11.0 Å². The highest BCUT2D eigenvalue weighted by Crippen LogP contribution is 2.39. The molecule has 0 spiro atoms. The fourth-order valence-corrected chi connectivity index (χ4v) is 5.19. The largest absolute Gasteiger partial charge is 0.423 e. The average molecular weight is 443 g/mol. The quantitative estimate of drug-likeness (QED) is 0.544. The zero-order chi connectivity index (χ0) is 22.1. The highest BCUT2D eigenvalue weighted by atomic mass is 32.2. The predicted octanol–water partition coefficient (Wildman–Crippen LogP) is 3.34. The van der Waals surface area contributed by atoms with Crippen LogP contribution in [0, 0.1) is 18.8 Å². The molecular weight excluding hydrogens is 416 g/mol. The van der Waals surface area contributed by atoms with Gasteiger partial charge in [0.05, 0.1) is 11.8 Å². The van der Waals surface area contributed by atoms with Gasteiger partial charge >= 0.3 is 5.63 Å². The van der Waals surface area contributed by atoms with E-state index in [0.717, 1.165) is 23.8 Å². The van der Waals surface area contributed by atoms with Crippen molar-refractivity contribution >= 4 is 46.1 Å². The van der Waals surface area contributed by atoms with E-state index in [1.165, 1.54) is 11.0 Å². The lowest BCUT2D eigenvalue weighted by atomic mass is 9.81. The Kier molecular flexibility index (Phi) is 6.18. The number of thioether (sulfide) groups is 1. The Hall–Kier alpha value is -2.61. The molecule has 3 atom stereocenters. The molecule has 4 rings (SSSR count). The summed E-state index contributed by atoms with van der Waals surface area (Å²) in [5, 5.41) is 3.61. The van der Waals surface area contributed by atoms with Gasteiger partial charge < -0.3 is 9.73 Å². The van der Waals surface area contributed by atoms with Crippen molar-refractivity contribution in [2.75, 3.05) is 17.3 Å². The molecule has 1 aliphatic heterocycles. The van der Waals surface area contributed by atoms with Gasteiger partial charge in [0.25, 0.3) is 0 Å². The molecule has 3 amide bonds. The van der Waals surface area contributed by atoms with Crippen molar-refractivity contribution in [3.05, 3.63) is 40.2 Å². The summed E-state index contributed by atoms with van der Waals surface area (Å²) in [4.78, 5) is 52.2. The number of carbonyl (C=O) groups excluding carboxylic acids is 3. The normalized spacial score (nSPS) is 21.9. The number of aryl methyl sites for hydroxylation is 1. The molecule has 0 bridgehead atoms. The van der Waals surface area contributed by atoms with E-state index in [4.69, 9.17) is 4.42 Å². The zero-order valence-electron chi connectivity index (χ0n) is 17.7. The second-order valence-electron chi connectivity index (χ2n) is 8.29. The van der Waals surface area contributed by atoms with E-state index in [1.807, 2.05) is 13.2 Å². The molecule has 1 aliphatic carbocycles. The maximum atomic E-state index is 13.2. The monoisotopic (exact) mass is 442 g/mol. The number of nitrogens with one attached hydrogen (secondary N) is 1. The lowest BCUT2D eigenvalue weighted by Gasteiger charge is -2.26. The minimum atomic E-state index is -0.849. The Morgan fingerprint density at radius 1 is 1.16 bits per heavy atom. The van der Waals surface area contributed by atoms with Crippen LogP contribution in [-0.2, 0) is 14.4 Å². The van der Waals surface area contributed by atoms with Crippen molar-refractivity contribution in [1.29, 1.82) is 0 Å².